The van der Waals surface area contributed by atoms with E-state index in [0.717, 1.165) is 5.56 Å². The van der Waals surface area contributed by atoms with Crippen LogP contribution < -0.4 is 0 Å². The third-order valence-corrected chi connectivity index (χ3v) is 5.96. The number of hydrogen-bond donors (Lipinski definition) is 0. The predicted molar refractivity (Wildman–Crippen MR) is 92.4 cm³/mol. The number of esters is 1. The molecular formula is C17H28O6Si. The number of ether oxygens (including phenoxy) is 1. The van der Waals surface area contributed by atoms with Crippen LogP contribution in [0.15, 0.2) is 30.3 Å². The third-order valence-electron chi connectivity index (χ3n) is 3.38. The first kappa shape index (κ1) is 20.8. The van der Waals surface area contributed by atoms with Gasteiger partial charge in [-0.15, -0.1) is 0 Å². The Balaban J connectivity index is 3.07. The van der Waals surface area contributed by atoms with E-state index in [1.54, 1.807) is 6.92 Å². The van der Waals surface area contributed by atoms with Crippen molar-refractivity contribution in [1.29, 1.82) is 0 Å². The SMILES string of the molecule is CCO[Si](OCC)(OCC)O[C@H](C)[C@@H](C(=O)OC)c1ccccc1. The molecule has 0 radical (unpaired) electrons. The zero-order valence-corrected chi connectivity index (χ0v) is 16.1. The van der Waals surface area contributed by atoms with Crippen LogP contribution in [0.5, 0.6) is 0 Å². The lowest BCUT2D eigenvalue weighted by atomic mass is 9.94. The highest BCUT2D eigenvalue weighted by atomic mass is 28.4. The smallest absolute Gasteiger partial charge is 0.468 e. The zero-order chi connectivity index (χ0) is 18.0. The van der Waals surface area contributed by atoms with Gasteiger partial charge in [0.15, 0.2) is 0 Å². The molecular weight excluding hydrogens is 328 g/mol. The summed E-state index contributed by atoms with van der Waals surface area (Å²) in [5.41, 5.74) is 0.809. The molecule has 0 saturated carbocycles. The van der Waals surface area contributed by atoms with Gasteiger partial charge in [-0.3, -0.25) is 4.79 Å². The van der Waals surface area contributed by atoms with Crippen molar-refractivity contribution < 1.29 is 27.2 Å². The van der Waals surface area contributed by atoms with Crippen molar-refractivity contribution in [3.8, 4) is 0 Å². The molecule has 0 aliphatic carbocycles. The summed E-state index contributed by atoms with van der Waals surface area (Å²) in [7, 11) is -1.96. The van der Waals surface area contributed by atoms with Crippen LogP contribution >= 0.6 is 0 Å². The van der Waals surface area contributed by atoms with Gasteiger partial charge in [0.05, 0.1) is 13.2 Å². The van der Waals surface area contributed by atoms with Gasteiger partial charge in [0.2, 0.25) is 0 Å². The molecule has 0 aliphatic rings. The minimum atomic E-state index is -3.32. The van der Waals surface area contributed by atoms with Gasteiger partial charge in [-0.05, 0) is 33.3 Å². The molecule has 24 heavy (non-hydrogen) atoms. The Hall–Kier alpha value is -1.25. The lowest BCUT2D eigenvalue weighted by Crippen LogP contribution is -2.52. The van der Waals surface area contributed by atoms with E-state index in [1.165, 1.54) is 7.11 Å². The normalized spacial score (nSPS) is 14.2. The molecule has 1 aromatic rings. The Bertz CT molecular complexity index is 464. The number of benzene rings is 1. The van der Waals surface area contributed by atoms with Gasteiger partial charge in [-0.2, -0.15) is 0 Å². The molecule has 1 aromatic carbocycles. The first-order chi connectivity index (χ1) is 11.5. The van der Waals surface area contributed by atoms with Crippen LogP contribution in [0.4, 0.5) is 0 Å². The first-order valence-corrected chi connectivity index (χ1v) is 9.89. The molecule has 0 bridgehead atoms. The molecule has 7 heteroatoms. The van der Waals surface area contributed by atoms with E-state index in [1.807, 2.05) is 51.1 Å². The van der Waals surface area contributed by atoms with E-state index in [-0.39, 0.29) is 5.97 Å². The monoisotopic (exact) mass is 356 g/mol. The van der Waals surface area contributed by atoms with Crippen molar-refractivity contribution in [2.24, 2.45) is 0 Å². The number of carbonyl (C=O) groups is 1. The molecule has 136 valence electrons. The summed E-state index contributed by atoms with van der Waals surface area (Å²) >= 11 is 0. The highest BCUT2D eigenvalue weighted by Crippen LogP contribution is 2.27. The average molecular weight is 356 g/mol. The van der Waals surface area contributed by atoms with Crippen LogP contribution in [0.2, 0.25) is 0 Å². The summed E-state index contributed by atoms with van der Waals surface area (Å²) in [5.74, 6) is -0.967. The minimum absolute atomic E-state index is 0.374. The second-order valence-electron chi connectivity index (χ2n) is 5.03. The second-order valence-corrected chi connectivity index (χ2v) is 7.14. The Morgan fingerprint density at radius 1 is 1.00 bits per heavy atom. The van der Waals surface area contributed by atoms with Crippen molar-refractivity contribution >= 4 is 15.0 Å². The molecule has 0 amide bonds. The molecule has 2 atom stereocenters. The molecule has 0 heterocycles. The van der Waals surface area contributed by atoms with Gasteiger partial charge in [-0.25, -0.2) is 0 Å². The summed E-state index contributed by atoms with van der Waals surface area (Å²) < 4.78 is 28.1. The summed E-state index contributed by atoms with van der Waals surface area (Å²) in [5, 5.41) is 0. The van der Waals surface area contributed by atoms with E-state index in [0.29, 0.717) is 19.8 Å². The predicted octanol–water partition coefficient (Wildman–Crippen LogP) is 2.89. The summed E-state index contributed by atoms with van der Waals surface area (Å²) in [6.07, 6.45) is -0.531. The van der Waals surface area contributed by atoms with Crippen molar-refractivity contribution in [3.63, 3.8) is 0 Å². The fourth-order valence-corrected chi connectivity index (χ4v) is 4.55. The van der Waals surface area contributed by atoms with Crippen molar-refractivity contribution in [2.45, 2.75) is 39.7 Å². The number of methoxy groups -OCH3 is 1. The fourth-order valence-electron chi connectivity index (χ4n) is 2.44. The van der Waals surface area contributed by atoms with Crippen molar-refractivity contribution in [1.82, 2.24) is 0 Å². The Labute approximate surface area is 145 Å². The van der Waals surface area contributed by atoms with E-state index in [9.17, 15) is 4.79 Å². The van der Waals surface area contributed by atoms with Crippen molar-refractivity contribution in [2.75, 3.05) is 26.9 Å². The van der Waals surface area contributed by atoms with Crippen LogP contribution in [0.3, 0.4) is 0 Å². The molecule has 6 nitrogen and oxygen atoms in total. The topological polar surface area (TPSA) is 63.2 Å². The average Bonchev–Trinajstić information content (AvgIpc) is 2.56. The van der Waals surface area contributed by atoms with Gasteiger partial charge in [0.1, 0.15) is 5.92 Å². The van der Waals surface area contributed by atoms with Crippen LogP contribution in [0.25, 0.3) is 0 Å². The van der Waals surface area contributed by atoms with Gasteiger partial charge in [0, 0.05) is 19.8 Å². The van der Waals surface area contributed by atoms with E-state index < -0.39 is 21.1 Å². The molecule has 0 saturated heterocycles. The lowest BCUT2D eigenvalue weighted by Gasteiger charge is -2.32. The molecule has 0 unspecified atom stereocenters. The third kappa shape index (κ3) is 5.68. The summed E-state index contributed by atoms with van der Waals surface area (Å²) in [6.45, 7) is 8.54. The fraction of sp³-hybridized carbons (Fsp3) is 0.588. The highest BCUT2D eigenvalue weighted by Gasteiger charge is 2.48. The standard InChI is InChI=1S/C17H28O6Si/c1-6-20-24(21-7-2,22-8-3)23-14(4)16(17(18)19-5)15-12-10-9-11-13-15/h9-14,16H,6-8H2,1-5H3/t14-,16-/m1/s1. The largest absolute Gasteiger partial charge is 0.679 e. The minimum Gasteiger partial charge on any atom is -0.468 e. The highest BCUT2D eigenvalue weighted by molar-refractivity contribution is 6.53. The van der Waals surface area contributed by atoms with Crippen LogP contribution in [0.1, 0.15) is 39.2 Å². The molecule has 0 fully saturated rings. The number of rotatable bonds is 11. The first-order valence-electron chi connectivity index (χ1n) is 8.25. The number of hydrogen-bond acceptors (Lipinski definition) is 6. The van der Waals surface area contributed by atoms with Gasteiger partial charge in [-0.1, -0.05) is 30.3 Å². The van der Waals surface area contributed by atoms with Crippen molar-refractivity contribution in [3.05, 3.63) is 35.9 Å². The Morgan fingerprint density at radius 2 is 1.50 bits per heavy atom. The van der Waals surface area contributed by atoms with E-state index in [4.69, 9.17) is 22.4 Å². The number of carbonyl (C=O) groups excluding carboxylic acids is 1. The van der Waals surface area contributed by atoms with Gasteiger partial charge < -0.3 is 22.4 Å². The molecule has 0 aliphatic heterocycles. The van der Waals surface area contributed by atoms with Gasteiger partial charge >= 0.3 is 15.0 Å². The summed E-state index contributed by atoms with van der Waals surface area (Å²) in [4.78, 5) is 12.3. The maximum absolute atomic E-state index is 12.3. The van der Waals surface area contributed by atoms with E-state index in [2.05, 4.69) is 0 Å². The van der Waals surface area contributed by atoms with E-state index >= 15 is 0 Å². The van der Waals surface area contributed by atoms with Crippen LogP contribution in [-0.2, 0) is 27.2 Å². The molecule has 0 aromatic heterocycles. The quantitative estimate of drug-likeness (QED) is 0.449. The zero-order valence-electron chi connectivity index (χ0n) is 15.1. The maximum Gasteiger partial charge on any atom is 0.679 e. The Morgan fingerprint density at radius 3 is 1.92 bits per heavy atom. The van der Waals surface area contributed by atoms with Crippen LogP contribution in [0, 0.1) is 0 Å². The maximum atomic E-state index is 12.3. The van der Waals surface area contributed by atoms with Crippen LogP contribution in [-0.4, -0.2) is 48.1 Å². The van der Waals surface area contributed by atoms with Gasteiger partial charge in [0.25, 0.3) is 0 Å². The molecule has 1 rings (SSSR count). The molecule has 0 spiro atoms. The molecule has 0 N–H and O–H groups in total. The Kier molecular flexibility index (Phi) is 9.16. The second kappa shape index (κ2) is 10.6. The summed E-state index contributed by atoms with van der Waals surface area (Å²) in [6, 6.07) is 9.37. The lowest BCUT2D eigenvalue weighted by molar-refractivity contribution is -0.146.